The van der Waals surface area contributed by atoms with E-state index in [1.54, 1.807) is 24.0 Å². The van der Waals surface area contributed by atoms with Crippen molar-refractivity contribution in [2.24, 2.45) is 5.73 Å². The third-order valence-corrected chi connectivity index (χ3v) is 4.79. The highest BCUT2D eigenvalue weighted by Crippen LogP contribution is 2.24. The van der Waals surface area contributed by atoms with Gasteiger partial charge in [0.15, 0.2) is 9.84 Å². The zero-order valence-corrected chi connectivity index (χ0v) is 11.1. The first-order chi connectivity index (χ1) is 8.39. The van der Waals surface area contributed by atoms with Crippen molar-refractivity contribution in [3.8, 4) is 0 Å². The van der Waals surface area contributed by atoms with Crippen LogP contribution < -0.4 is 10.6 Å². The molecule has 0 spiro atoms. The minimum absolute atomic E-state index is 0.0848. The second-order valence-electron chi connectivity index (χ2n) is 4.64. The van der Waals surface area contributed by atoms with E-state index in [4.69, 9.17) is 5.73 Å². The van der Waals surface area contributed by atoms with Crippen molar-refractivity contribution in [1.82, 2.24) is 0 Å². The molecular formula is C12H17FN2O2S. The van der Waals surface area contributed by atoms with E-state index in [9.17, 15) is 12.8 Å². The van der Waals surface area contributed by atoms with Crippen LogP contribution in [-0.2, 0) is 9.84 Å². The first-order valence-corrected chi connectivity index (χ1v) is 7.71. The van der Waals surface area contributed by atoms with Crippen LogP contribution in [0, 0.1) is 5.82 Å². The molecule has 1 saturated heterocycles. The van der Waals surface area contributed by atoms with E-state index < -0.39 is 9.84 Å². The van der Waals surface area contributed by atoms with Crippen molar-refractivity contribution in [3.63, 3.8) is 0 Å². The predicted molar refractivity (Wildman–Crippen MR) is 69.9 cm³/mol. The van der Waals surface area contributed by atoms with Gasteiger partial charge >= 0.3 is 0 Å². The molecule has 0 saturated carbocycles. The average Bonchev–Trinajstić information content (AvgIpc) is 2.29. The fourth-order valence-electron chi connectivity index (χ4n) is 2.02. The number of hydrogen-bond acceptors (Lipinski definition) is 4. The Balaban J connectivity index is 2.20. The standard InChI is InChI=1S/C12H17FN2O2S/c1-9(14)10-2-3-12(11(13)8-10)15-4-6-18(16,17)7-5-15/h2-3,8-9H,4-7,14H2,1H3/t9-/m1/s1. The third kappa shape index (κ3) is 2.81. The smallest absolute Gasteiger partial charge is 0.153 e. The van der Waals surface area contributed by atoms with Crippen LogP contribution in [0.15, 0.2) is 18.2 Å². The Bertz CT molecular complexity index is 529. The van der Waals surface area contributed by atoms with E-state index in [1.165, 1.54) is 6.07 Å². The van der Waals surface area contributed by atoms with Gasteiger partial charge in [0.05, 0.1) is 17.2 Å². The number of hydrogen-bond donors (Lipinski definition) is 1. The minimum atomic E-state index is -2.94. The molecule has 100 valence electrons. The molecule has 0 bridgehead atoms. The van der Waals surface area contributed by atoms with Crippen molar-refractivity contribution < 1.29 is 12.8 Å². The van der Waals surface area contributed by atoms with Gasteiger partial charge < -0.3 is 10.6 Å². The molecule has 2 rings (SSSR count). The lowest BCUT2D eigenvalue weighted by Gasteiger charge is -2.29. The van der Waals surface area contributed by atoms with E-state index in [-0.39, 0.29) is 23.4 Å². The summed E-state index contributed by atoms with van der Waals surface area (Å²) < 4.78 is 36.6. The molecule has 0 unspecified atom stereocenters. The van der Waals surface area contributed by atoms with Gasteiger partial charge in [-0.05, 0) is 24.6 Å². The highest BCUT2D eigenvalue weighted by atomic mass is 32.2. The van der Waals surface area contributed by atoms with Crippen LogP contribution in [0.1, 0.15) is 18.5 Å². The highest BCUT2D eigenvalue weighted by Gasteiger charge is 2.23. The fourth-order valence-corrected chi connectivity index (χ4v) is 3.22. The normalized spacial score (nSPS) is 20.7. The number of nitrogens with zero attached hydrogens (tertiary/aromatic N) is 1. The molecular weight excluding hydrogens is 255 g/mol. The number of nitrogens with two attached hydrogens (primary N) is 1. The molecule has 4 nitrogen and oxygen atoms in total. The van der Waals surface area contributed by atoms with Crippen molar-refractivity contribution in [3.05, 3.63) is 29.6 Å². The van der Waals surface area contributed by atoms with E-state index in [0.29, 0.717) is 18.8 Å². The molecule has 2 N–H and O–H groups in total. The van der Waals surface area contributed by atoms with Crippen LogP contribution in [0.5, 0.6) is 0 Å². The van der Waals surface area contributed by atoms with Gasteiger partial charge in [-0.3, -0.25) is 0 Å². The van der Waals surface area contributed by atoms with Crippen molar-refractivity contribution in [2.75, 3.05) is 29.5 Å². The van der Waals surface area contributed by atoms with Crippen LogP contribution >= 0.6 is 0 Å². The Morgan fingerprint density at radius 3 is 2.44 bits per heavy atom. The van der Waals surface area contributed by atoms with Gasteiger partial charge in [-0.15, -0.1) is 0 Å². The summed E-state index contributed by atoms with van der Waals surface area (Å²) in [6, 6.07) is 4.66. The maximum absolute atomic E-state index is 13.9. The molecule has 0 amide bonds. The summed E-state index contributed by atoms with van der Waals surface area (Å²) in [5.41, 5.74) is 6.88. The van der Waals surface area contributed by atoms with Gasteiger partial charge in [0.1, 0.15) is 5.82 Å². The third-order valence-electron chi connectivity index (χ3n) is 3.18. The van der Waals surface area contributed by atoms with Crippen LogP contribution in [0.3, 0.4) is 0 Å². The van der Waals surface area contributed by atoms with Crippen molar-refractivity contribution in [2.45, 2.75) is 13.0 Å². The number of halogens is 1. The fraction of sp³-hybridized carbons (Fsp3) is 0.500. The summed E-state index contributed by atoms with van der Waals surface area (Å²) in [7, 11) is -2.94. The van der Waals surface area contributed by atoms with Crippen molar-refractivity contribution >= 4 is 15.5 Å². The monoisotopic (exact) mass is 272 g/mol. The average molecular weight is 272 g/mol. The van der Waals surface area contributed by atoms with Crippen LogP contribution in [0.4, 0.5) is 10.1 Å². The van der Waals surface area contributed by atoms with Gasteiger partial charge in [0, 0.05) is 19.1 Å². The summed E-state index contributed by atoms with van der Waals surface area (Å²) in [4.78, 5) is 1.77. The summed E-state index contributed by atoms with van der Waals surface area (Å²) >= 11 is 0. The molecule has 1 aromatic rings. The molecule has 0 aliphatic carbocycles. The first-order valence-electron chi connectivity index (χ1n) is 5.89. The van der Waals surface area contributed by atoms with Gasteiger partial charge in [0.25, 0.3) is 0 Å². The minimum Gasteiger partial charge on any atom is -0.367 e. The van der Waals surface area contributed by atoms with E-state index in [0.717, 1.165) is 5.56 Å². The van der Waals surface area contributed by atoms with E-state index in [1.807, 2.05) is 0 Å². The SMILES string of the molecule is C[C@@H](N)c1ccc(N2CCS(=O)(=O)CC2)c(F)c1. The molecule has 18 heavy (non-hydrogen) atoms. The summed E-state index contributed by atoms with van der Waals surface area (Å²) in [5, 5.41) is 0. The van der Waals surface area contributed by atoms with Gasteiger partial charge in [-0.25, -0.2) is 12.8 Å². The van der Waals surface area contributed by atoms with E-state index >= 15 is 0 Å². The molecule has 1 fully saturated rings. The van der Waals surface area contributed by atoms with E-state index in [2.05, 4.69) is 0 Å². The molecule has 1 aliphatic heterocycles. The number of sulfone groups is 1. The number of rotatable bonds is 2. The maximum atomic E-state index is 13.9. The second-order valence-corrected chi connectivity index (χ2v) is 6.94. The molecule has 1 aromatic carbocycles. The largest absolute Gasteiger partial charge is 0.367 e. The Labute approximate surface area is 107 Å². The van der Waals surface area contributed by atoms with Gasteiger partial charge in [-0.2, -0.15) is 0 Å². The maximum Gasteiger partial charge on any atom is 0.153 e. The predicted octanol–water partition coefficient (Wildman–Crippen LogP) is 1.08. The molecule has 6 heteroatoms. The molecule has 1 heterocycles. The van der Waals surface area contributed by atoms with Gasteiger partial charge in [0.2, 0.25) is 0 Å². The first kappa shape index (κ1) is 13.3. The lowest BCUT2D eigenvalue weighted by molar-refractivity contribution is 0.581. The lowest BCUT2D eigenvalue weighted by atomic mass is 10.1. The Kier molecular flexibility index (Phi) is 3.59. The molecule has 1 atom stereocenters. The van der Waals surface area contributed by atoms with Gasteiger partial charge in [-0.1, -0.05) is 6.07 Å². The van der Waals surface area contributed by atoms with Crippen LogP contribution in [0.25, 0.3) is 0 Å². The topological polar surface area (TPSA) is 63.4 Å². The summed E-state index contributed by atoms with van der Waals surface area (Å²) in [6.07, 6.45) is 0. The molecule has 0 radical (unpaired) electrons. The highest BCUT2D eigenvalue weighted by molar-refractivity contribution is 7.91. The molecule has 0 aromatic heterocycles. The number of anilines is 1. The second kappa shape index (κ2) is 4.85. The zero-order chi connectivity index (χ0) is 13.3. The quantitative estimate of drug-likeness (QED) is 0.875. The van der Waals surface area contributed by atoms with Crippen molar-refractivity contribution in [1.29, 1.82) is 0 Å². The van der Waals surface area contributed by atoms with Crippen LogP contribution in [0.2, 0.25) is 0 Å². The Morgan fingerprint density at radius 1 is 1.33 bits per heavy atom. The lowest BCUT2D eigenvalue weighted by Crippen LogP contribution is -2.40. The van der Waals surface area contributed by atoms with Crippen LogP contribution in [-0.4, -0.2) is 33.0 Å². The zero-order valence-electron chi connectivity index (χ0n) is 10.3. The Morgan fingerprint density at radius 2 is 1.94 bits per heavy atom. The molecule has 1 aliphatic rings. The number of benzene rings is 1. The summed E-state index contributed by atoms with van der Waals surface area (Å²) in [5.74, 6) is -0.174. The summed E-state index contributed by atoms with van der Waals surface area (Å²) in [6.45, 7) is 2.48. The Hall–Kier alpha value is -1.14.